The maximum absolute atomic E-state index is 9.05. The van der Waals surface area contributed by atoms with Gasteiger partial charge < -0.3 is 10.2 Å². The Hall–Kier alpha value is 1.67. The quantitative estimate of drug-likeness (QED) is 0.634. The van der Waals surface area contributed by atoms with Crippen LogP contribution in [0.4, 0.5) is 0 Å². The van der Waals surface area contributed by atoms with Gasteiger partial charge in [-0.05, 0) is 19.8 Å². The molecule has 0 bridgehead atoms. The van der Waals surface area contributed by atoms with Crippen LogP contribution in [0.15, 0.2) is 0 Å². The van der Waals surface area contributed by atoms with Crippen molar-refractivity contribution in [2.75, 3.05) is 24.7 Å². The van der Waals surface area contributed by atoms with Crippen LogP contribution in [0.3, 0.4) is 0 Å². The normalized spacial score (nSPS) is 38.5. The van der Waals surface area contributed by atoms with Crippen molar-refractivity contribution in [1.82, 2.24) is 0 Å². The zero-order valence-electron chi connectivity index (χ0n) is 11.0. The highest BCUT2D eigenvalue weighted by Crippen LogP contribution is 2.56. The van der Waals surface area contributed by atoms with Gasteiger partial charge in [-0.15, -0.1) is 47.0 Å². The molecule has 2 heterocycles. The molecule has 2 fully saturated rings. The second kappa shape index (κ2) is 7.79. The Balaban J connectivity index is 1.88. The molecular formula is C12H22O2S5. The van der Waals surface area contributed by atoms with E-state index in [1.54, 1.807) is 0 Å². The van der Waals surface area contributed by atoms with E-state index in [1.807, 2.05) is 47.0 Å². The smallest absolute Gasteiger partial charge is 0.0666 e. The lowest BCUT2D eigenvalue weighted by atomic mass is 10.2. The zero-order chi connectivity index (χ0) is 13.9. The minimum Gasteiger partial charge on any atom is -0.396 e. The van der Waals surface area contributed by atoms with Crippen LogP contribution in [0.2, 0.25) is 0 Å². The molecular weight excluding hydrogens is 336 g/mol. The molecule has 0 amide bonds. The molecule has 0 spiro atoms. The van der Waals surface area contributed by atoms with Crippen molar-refractivity contribution in [3.05, 3.63) is 0 Å². The summed E-state index contributed by atoms with van der Waals surface area (Å²) in [7, 11) is 0. The van der Waals surface area contributed by atoms with E-state index in [1.165, 1.54) is 0 Å². The van der Waals surface area contributed by atoms with Gasteiger partial charge in [-0.1, -0.05) is 0 Å². The molecule has 19 heavy (non-hydrogen) atoms. The molecule has 0 aromatic heterocycles. The van der Waals surface area contributed by atoms with E-state index in [0.717, 1.165) is 24.3 Å². The van der Waals surface area contributed by atoms with Crippen LogP contribution in [-0.2, 0) is 0 Å². The Morgan fingerprint density at radius 2 is 1.42 bits per heavy atom. The molecule has 0 saturated carbocycles. The summed E-state index contributed by atoms with van der Waals surface area (Å²) in [5.41, 5.74) is 0. The summed E-state index contributed by atoms with van der Waals surface area (Å²) in [6.45, 7) is 2.84. The van der Waals surface area contributed by atoms with Crippen molar-refractivity contribution in [2.45, 2.75) is 44.2 Å². The molecule has 4 atom stereocenters. The minimum absolute atomic E-state index is 0.000915. The van der Waals surface area contributed by atoms with Gasteiger partial charge in [0.15, 0.2) is 0 Å². The first kappa shape index (κ1) is 17.0. The Labute approximate surface area is 138 Å². The van der Waals surface area contributed by atoms with E-state index in [-0.39, 0.29) is 4.75 Å². The lowest BCUT2D eigenvalue weighted by molar-refractivity contribution is 0.289. The van der Waals surface area contributed by atoms with Gasteiger partial charge in [-0.3, -0.25) is 0 Å². The molecule has 2 aliphatic heterocycles. The molecule has 2 nitrogen and oxygen atoms in total. The summed E-state index contributed by atoms with van der Waals surface area (Å²) in [4.78, 5) is 0. The number of thioether (sulfide) groups is 4. The fourth-order valence-corrected chi connectivity index (χ4v) is 10.6. The molecule has 0 aromatic rings. The van der Waals surface area contributed by atoms with Gasteiger partial charge in [0.05, 0.1) is 13.9 Å². The Morgan fingerprint density at radius 1 is 1.00 bits per heavy atom. The Morgan fingerprint density at radius 3 is 1.79 bits per heavy atom. The van der Waals surface area contributed by atoms with Crippen molar-refractivity contribution in [2.24, 2.45) is 0 Å². The molecule has 2 aliphatic rings. The number of hydrogen-bond donors (Lipinski definition) is 3. The number of thiol groups is 1. The summed E-state index contributed by atoms with van der Waals surface area (Å²) in [5.74, 6) is 2.27. The fourth-order valence-electron chi connectivity index (χ4n) is 2.21. The van der Waals surface area contributed by atoms with Crippen LogP contribution in [0.5, 0.6) is 0 Å². The summed E-state index contributed by atoms with van der Waals surface area (Å²) in [6, 6.07) is 0. The van der Waals surface area contributed by atoms with E-state index < -0.39 is 0 Å². The third-order valence-electron chi connectivity index (χ3n) is 3.36. The van der Waals surface area contributed by atoms with Gasteiger partial charge in [0, 0.05) is 35.2 Å². The average molecular weight is 359 g/mol. The first-order valence-electron chi connectivity index (χ1n) is 6.56. The van der Waals surface area contributed by atoms with Crippen LogP contribution in [0.1, 0.15) is 19.8 Å². The summed E-state index contributed by atoms with van der Waals surface area (Å²) >= 11 is 13.0. The van der Waals surface area contributed by atoms with Gasteiger partial charge in [0.1, 0.15) is 0 Å². The van der Waals surface area contributed by atoms with Crippen molar-refractivity contribution < 1.29 is 10.2 Å². The highest BCUT2D eigenvalue weighted by molar-refractivity contribution is 8.23. The summed E-state index contributed by atoms with van der Waals surface area (Å²) < 4.78 is 1.01. The van der Waals surface area contributed by atoms with Crippen molar-refractivity contribution in [1.29, 1.82) is 0 Å². The van der Waals surface area contributed by atoms with Gasteiger partial charge in [0.25, 0.3) is 0 Å². The number of rotatable bonds is 6. The molecule has 7 heteroatoms. The molecule has 0 aromatic carbocycles. The Kier molecular flexibility index (Phi) is 6.98. The van der Waals surface area contributed by atoms with Crippen LogP contribution in [-0.4, -0.2) is 59.3 Å². The van der Waals surface area contributed by atoms with E-state index in [0.29, 0.717) is 32.9 Å². The number of aliphatic hydroxyl groups excluding tert-OH is 2. The molecule has 2 saturated heterocycles. The maximum Gasteiger partial charge on any atom is 0.0666 e. The third-order valence-corrected chi connectivity index (χ3v) is 12.3. The number of aliphatic hydroxyl groups is 2. The summed E-state index contributed by atoms with van der Waals surface area (Å²) in [6.07, 6.45) is 1.80. The predicted octanol–water partition coefficient (Wildman–Crippen LogP) is 2.79. The van der Waals surface area contributed by atoms with Crippen molar-refractivity contribution in [3.8, 4) is 0 Å². The van der Waals surface area contributed by atoms with Crippen LogP contribution in [0, 0.1) is 0 Å². The average Bonchev–Trinajstić information content (AvgIpc) is 2.99. The molecule has 2 N–H and O–H groups in total. The largest absolute Gasteiger partial charge is 0.396 e. The van der Waals surface area contributed by atoms with Crippen molar-refractivity contribution in [3.63, 3.8) is 0 Å². The topological polar surface area (TPSA) is 40.5 Å². The molecule has 2 rings (SSSR count). The van der Waals surface area contributed by atoms with Crippen LogP contribution < -0.4 is 0 Å². The maximum atomic E-state index is 9.05. The molecule has 0 radical (unpaired) electrons. The van der Waals surface area contributed by atoms with Crippen LogP contribution >= 0.6 is 59.7 Å². The van der Waals surface area contributed by atoms with Gasteiger partial charge >= 0.3 is 0 Å². The lowest BCUT2D eigenvalue weighted by Gasteiger charge is -2.34. The highest BCUT2D eigenvalue weighted by Gasteiger charge is 2.46. The first-order chi connectivity index (χ1) is 9.07. The predicted molar refractivity (Wildman–Crippen MR) is 96.0 cm³/mol. The Bertz CT molecular complexity index is 263. The van der Waals surface area contributed by atoms with Gasteiger partial charge in [-0.25, -0.2) is 0 Å². The third kappa shape index (κ3) is 4.33. The van der Waals surface area contributed by atoms with Gasteiger partial charge in [0.2, 0.25) is 0 Å². The minimum atomic E-state index is -0.000915. The summed E-state index contributed by atoms with van der Waals surface area (Å²) in [5, 5.41) is 19.3. The second-order valence-corrected chi connectivity index (χ2v) is 11.8. The van der Waals surface area contributed by atoms with E-state index >= 15 is 0 Å². The van der Waals surface area contributed by atoms with E-state index in [9.17, 15) is 0 Å². The monoisotopic (exact) mass is 358 g/mol. The number of hydrogen-bond acceptors (Lipinski definition) is 7. The first-order valence-corrected chi connectivity index (χ1v) is 11.0. The molecule has 0 aliphatic carbocycles. The van der Waals surface area contributed by atoms with Crippen LogP contribution in [0.25, 0.3) is 0 Å². The van der Waals surface area contributed by atoms with Gasteiger partial charge in [-0.2, -0.15) is 12.6 Å². The van der Waals surface area contributed by atoms with E-state index in [2.05, 4.69) is 6.92 Å². The zero-order valence-corrected chi connectivity index (χ0v) is 15.2. The second-order valence-electron chi connectivity index (χ2n) is 5.10. The lowest BCUT2D eigenvalue weighted by Crippen LogP contribution is -2.36. The van der Waals surface area contributed by atoms with Crippen molar-refractivity contribution >= 4 is 59.7 Å². The highest BCUT2D eigenvalue weighted by atomic mass is 32.2. The standard InChI is InChI=1S/C12H22O2S5/c1-12(15,10-16-6-8(18-10)2-4-13)11-17-7-9(19-11)3-5-14/h8-11,13-15H,2-7H2,1H3. The molecule has 4 unspecified atom stereocenters. The SMILES string of the molecule is CC(S)(C1SCC(CCO)S1)C1SCC(CCO)S1. The van der Waals surface area contributed by atoms with E-state index in [4.69, 9.17) is 22.8 Å². The fraction of sp³-hybridized carbons (Fsp3) is 1.00. The molecule has 112 valence electrons.